The van der Waals surface area contributed by atoms with Crippen LogP contribution in [0.3, 0.4) is 0 Å². The Morgan fingerprint density at radius 1 is 1.29 bits per heavy atom. The van der Waals surface area contributed by atoms with E-state index in [1.807, 2.05) is 0 Å². The lowest BCUT2D eigenvalue weighted by Crippen LogP contribution is -2.13. The molecule has 21 heavy (non-hydrogen) atoms. The lowest BCUT2D eigenvalue weighted by Gasteiger charge is -2.08. The Labute approximate surface area is 117 Å². The van der Waals surface area contributed by atoms with Crippen LogP contribution in [0.1, 0.15) is 11.3 Å². The van der Waals surface area contributed by atoms with E-state index in [0.717, 1.165) is 0 Å². The van der Waals surface area contributed by atoms with Crippen LogP contribution in [-0.2, 0) is 11.0 Å². The number of hydrogen-bond donors (Lipinski definition) is 0. The number of benzene rings is 1. The first kappa shape index (κ1) is 14.8. The van der Waals surface area contributed by atoms with Crippen molar-refractivity contribution in [1.82, 2.24) is 5.16 Å². The van der Waals surface area contributed by atoms with Gasteiger partial charge in [-0.1, -0.05) is 40.6 Å². The second-order valence-corrected chi connectivity index (χ2v) is 3.85. The molecule has 1 heterocycles. The van der Waals surface area contributed by atoms with Gasteiger partial charge >= 0.3 is 6.18 Å². The Morgan fingerprint density at radius 2 is 1.95 bits per heavy atom. The Hall–Kier alpha value is -2.64. The number of nitrogens with zero attached hydrogens (tertiary/aromatic N) is 3. The van der Waals surface area contributed by atoms with Gasteiger partial charge in [-0.2, -0.15) is 13.2 Å². The highest BCUT2D eigenvalue weighted by Gasteiger charge is 2.42. The number of hydrogen-bond acceptors (Lipinski definition) is 5. The number of halogens is 3. The molecule has 0 aliphatic heterocycles. The summed E-state index contributed by atoms with van der Waals surface area (Å²) in [5.41, 5.74) is -1.15. The minimum atomic E-state index is -4.69. The average Bonchev–Trinajstić information content (AvgIpc) is 2.90. The maximum absolute atomic E-state index is 13.3. The van der Waals surface area contributed by atoms with Gasteiger partial charge in [0.1, 0.15) is 11.3 Å². The minimum absolute atomic E-state index is 0.266. The standard InChI is InChI=1S/C13H10F3N3O2/c1-17-12(21-18-2)11-9(13(14,15)16)10(19-20-11)8-6-4-3-5-7-8/h3-7H,2H2,1H3. The SMILES string of the molecule is C=NOC(=NC)c1onc(-c2ccccc2)c1C(F)(F)F. The molecule has 0 radical (unpaired) electrons. The molecule has 0 aliphatic carbocycles. The van der Waals surface area contributed by atoms with Gasteiger partial charge in [0.05, 0.1) is 0 Å². The molecule has 0 N–H and O–H groups in total. The highest BCUT2D eigenvalue weighted by Crippen LogP contribution is 2.39. The first-order chi connectivity index (χ1) is 9.99. The smallest absolute Gasteiger partial charge is 0.350 e. The molecular weight excluding hydrogens is 287 g/mol. The van der Waals surface area contributed by atoms with Crippen molar-refractivity contribution in [2.24, 2.45) is 10.1 Å². The van der Waals surface area contributed by atoms with Crippen LogP contribution in [0, 0.1) is 0 Å². The van der Waals surface area contributed by atoms with Crippen LogP contribution in [0.25, 0.3) is 11.3 Å². The summed E-state index contributed by atoms with van der Waals surface area (Å²) in [4.78, 5) is 8.15. The van der Waals surface area contributed by atoms with Gasteiger partial charge in [-0.3, -0.25) is 0 Å². The summed E-state index contributed by atoms with van der Waals surface area (Å²) < 4.78 is 44.7. The predicted octanol–water partition coefficient (Wildman–Crippen LogP) is 3.37. The molecular formula is C13H10F3N3O2. The van der Waals surface area contributed by atoms with Gasteiger partial charge in [-0.15, -0.1) is 0 Å². The maximum Gasteiger partial charge on any atom is 0.422 e. The summed E-state index contributed by atoms with van der Waals surface area (Å²) in [5, 5.41) is 6.54. The van der Waals surface area contributed by atoms with Crippen LogP contribution in [0.2, 0.25) is 0 Å². The Bertz CT molecular complexity index is 663. The Kier molecular flexibility index (Phi) is 4.06. The molecule has 8 heteroatoms. The summed E-state index contributed by atoms with van der Waals surface area (Å²) >= 11 is 0. The predicted molar refractivity (Wildman–Crippen MR) is 70.0 cm³/mol. The second-order valence-electron chi connectivity index (χ2n) is 3.85. The van der Waals surface area contributed by atoms with Crippen molar-refractivity contribution in [1.29, 1.82) is 0 Å². The number of rotatable bonds is 3. The molecule has 2 aromatic rings. The summed E-state index contributed by atoms with van der Waals surface area (Å²) in [5.74, 6) is -1.09. The summed E-state index contributed by atoms with van der Waals surface area (Å²) in [6.45, 7) is 3.03. The van der Waals surface area contributed by atoms with E-state index < -0.39 is 23.4 Å². The molecule has 0 bridgehead atoms. The largest absolute Gasteiger partial charge is 0.422 e. The van der Waals surface area contributed by atoms with Crippen molar-refractivity contribution in [3.05, 3.63) is 41.7 Å². The number of oxime groups is 1. The number of aliphatic imine (C=N–C) groups is 1. The van der Waals surface area contributed by atoms with Crippen LogP contribution in [0.15, 0.2) is 45.0 Å². The van der Waals surface area contributed by atoms with E-state index in [0.29, 0.717) is 0 Å². The van der Waals surface area contributed by atoms with Gasteiger partial charge in [0, 0.05) is 19.3 Å². The fourth-order valence-corrected chi connectivity index (χ4v) is 1.74. The van der Waals surface area contributed by atoms with Gasteiger partial charge in [0.2, 0.25) is 5.76 Å². The lowest BCUT2D eigenvalue weighted by atomic mass is 10.1. The molecule has 5 nitrogen and oxygen atoms in total. The van der Waals surface area contributed by atoms with E-state index in [9.17, 15) is 13.2 Å². The molecule has 0 spiro atoms. The molecule has 0 atom stereocenters. The van der Waals surface area contributed by atoms with Crippen molar-refractivity contribution in [2.75, 3.05) is 7.05 Å². The molecule has 0 amide bonds. The molecule has 0 saturated heterocycles. The third-order valence-electron chi connectivity index (χ3n) is 2.57. The van der Waals surface area contributed by atoms with Gasteiger partial charge in [-0.05, 0) is 0 Å². The molecule has 0 aliphatic rings. The molecule has 1 aromatic carbocycles. The van der Waals surface area contributed by atoms with Crippen LogP contribution in [0.4, 0.5) is 13.2 Å². The quantitative estimate of drug-likeness (QED) is 0.496. The maximum atomic E-state index is 13.3. The zero-order valence-electron chi connectivity index (χ0n) is 10.9. The molecule has 110 valence electrons. The molecule has 1 aromatic heterocycles. The van der Waals surface area contributed by atoms with Crippen molar-refractivity contribution >= 4 is 12.6 Å². The van der Waals surface area contributed by atoms with E-state index in [-0.39, 0.29) is 11.3 Å². The topological polar surface area (TPSA) is 60.0 Å². The highest BCUT2D eigenvalue weighted by atomic mass is 19.4. The Morgan fingerprint density at radius 3 is 2.48 bits per heavy atom. The number of alkyl halides is 3. The van der Waals surface area contributed by atoms with Gasteiger partial charge in [-0.25, -0.2) is 4.99 Å². The fourth-order valence-electron chi connectivity index (χ4n) is 1.74. The molecule has 0 fully saturated rings. The number of aromatic nitrogens is 1. The summed E-state index contributed by atoms with van der Waals surface area (Å²) in [6, 6.07) is 7.86. The average molecular weight is 297 g/mol. The first-order valence-electron chi connectivity index (χ1n) is 5.71. The Balaban J connectivity index is 2.65. The first-order valence-corrected chi connectivity index (χ1v) is 5.71. The van der Waals surface area contributed by atoms with E-state index in [2.05, 4.69) is 26.9 Å². The fraction of sp³-hybridized carbons (Fsp3) is 0.154. The van der Waals surface area contributed by atoms with E-state index >= 15 is 0 Å². The third kappa shape index (κ3) is 2.93. The van der Waals surface area contributed by atoms with Crippen LogP contribution in [0.5, 0.6) is 0 Å². The van der Waals surface area contributed by atoms with E-state index in [4.69, 9.17) is 4.52 Å². The minimum Gasteiger partial charge on any atom is -0.350 e. The van der Waals surface area contributed by atoms with E-state index in [1.165, 1.54) is 19.2 Å². The second kappa shape index (κ2) is 5.78. The normalized spacial score (nSPS) is 12.3. The lowest BCUT2D eigenvalue weighted by molar-refractivity contribution is -0.137. The zero-order valence-corrected chi connectivity index (χ0v) is 10.9. The van der Waals surface area contributed by atoms with Crippen molar-refractivity contribution in [2.45, 2.75) is 6.18 Å². The monoisotopic (exact) mass is 297 g/mol. The van der Waals surface area contributed by atoms with Crippen molar-refractivity contribution in [3.8, 4) is 11.3 Å². The molecule has 0 unspecified atom stereocenters. The van der Waals surface area contributed by atoms with Crippen molar-refractivity contribution < 1.29 is 22.5 Å². The zero-order chi connectivity index (χ0) is 15.5. The molecule has 2 rings (SSSR count). The van der Waals surface area contributed by atoms with Gasteiger partial charge in [0.15, 0.2) is 0 Å². The highest BCUT2D eigenvalue weighted by molar-refractivity contribution is 5.94. The summed E-state index contributed by atoms with van der Waals surface area (Å²) in [7, 11) is 1.24. The molecule has 0 saturated carbocycles. The van der Waals surface area contributed by atoms with Gasteiger partial charge < -0.3 is 9.36 Å². The van der Waals surface area contributed by atoms with E-state index in [1.54, 1.807) is 18.2 Å². The van der Waals surface area contributed by atoms with Crippen LogP contribution < -0.4 is 0 Å². The van der Waals surface area contributed by atoms with Crippen LogP contribution in [-0.4, -0.2) is 24.8 Å². The van der Waals surface area contributed by atoms with Crippen LogP contribution >= 0.6 is 0 Å². The van der Waals surface area contributed by atoms with Crippen molar-refractivity contribution in [3.63, 3.8) is 0 Å². The summed E-state index contributed by atoms with van der Waals surface area (Å²) in [6.07, 6.45) is -4.69. The third-order valence-corrected chi connectivity index (χ3v) is 2.57. The van der Waals surface area contributed by atoms with Gasteiger partial charge in [0.25, 0.3) is 5.90 Å².